The van der Waals surface area contributed by atoms with Crippen molar-refractivity contribution in [2.75, 3.05) is 5.33 Å². The molecule has 21 heavy (non-hydrogen) atoms. The van der Waals surface area contributed by atoms with Crippen molar-refractivity contribution < 1.29 is 4.79 Å². The van der Waals surface area contributed by atoms with Crippen molar-refractivity contribution in [2.24, 2.45) is 0 Å². The second kappa shape index (κ2) is 7.97. The van der Waals surface area contributed by atoms with E-state index in [-0.39, 0.29) is 11.9 Å². The molecule has 2 rings (SSSR count). The van der Waals surface area contributed by atoms with E-state index in [0.717, 1.165) is 10.9 Å². The van der Waals surface area contributed by atoms with Crippen LogP contribution in [-0.4, -0.2) is 17.3 Å². The average Bonchev–Trinajstić information content (AvgIpc) is 2.50. The van der Waals surface area contributed by atoms with E-state index in [0.29, 0.717) is 15.9 Å². The molecular formula is C16H14Br2ClNO. The zero-order valence-corrected chi connectivity index (χ0v) is 15.1. The fourth-order valence-corrected chi connectivity index (χ4v) is 2.84. The summed E-state index contributed by atoms with van der Waals surface area (Å²) in [4.78, 5) is 12.3. The summed E-state index contributed by atoms with van der Waals surface area (Å²) in [6.07, 6.45) is 0.784. The molecular weight excluding hydrogens is 417 g/mol. The van der Waals surface area contributed by atoms with Crippen LogP contribution in [0.1, 0.15) is 15.9 Å². The van der Waals surface area contributed by atoms with Gasteiger partial charge in [-0.1, -0.05) is 57.9 Å². The van der Waals surface area contributed by atoms with Crippen LogP contribution in [0.15, 0.2) is 53.0 Å². The Balaban J connectivity index is 2.04. The molecule has 0 saturated carbocycles. The quantitative estimate of drug-likeness (QED) is 0.675. The molecule has 2 aromatic rings. The van der Waals surface area contributed by atoms with Gasteiger partial charge >= 0.3 is 0 Å². The van der Waals surface area contributed by atoms with Gasteiger partial charge in [0.2, 0.25) is 0 Å². The average molecular weight is 432 g/mol. The van der Waals surface area contributed by atoms with E-state index in [1.165, 1.54) is 5.56 Å². The Hall–Kier alpha value is -0.840. The third-order valence-electron chi connectivity index (χ3n) is 3.03. The van der Waals surface area contributed by atoms with Crippen LogP contribution in [0.2, 0.25) is 5.02 Å². The topological polar surface area (TPSA) is 29.1 Å². The van der Waals surface area contributed by atoms with Crippen LogP contribution >= 0.6 is 43.5 Å². The molecule has 2 nitrogen and oxygen atoms in total. The minimum absolute atomic E-state index is 0.0364. The number of amides is 1. The van der Waals surface area contributed by atoms with E-state index in [9.17, 15) is 4.79 Å². The fraction of sp³-hybridized carbons (Fsp3) is 0.188. The molecule has 1 atom stereocenters. The number of halogens is 3. The van der Waals surface area contributed by atoms with Gasteiger partial charge in [0.05, 0.1) is 5.02 Å². The molecule has 5 heteroatoms. The zero-order chi connectivity index (χ0) is 15.2. The molecule has 1 unspecified atom stereocenters. The Morgan fingerprint density at radius 2 is 1.90 bits per heavy atom. The lowest BCUT2D eigenvalue weighted by Crippen LogP contribution is -2.37. The van der Waals surface area contributed by atoms with Crippen LogP contribution in [0.3, 0.4) is 0 Å². The maximum absolute atomic E-state index is 12.3. The van der Waals surface area contributed by atoms with Gasteiger partial charge in [-0.25, -0.2) is 0 Å². The predicted octanol–water partition coefficient (Wildman–Crippen LogP) is 4.84. The van der Waals surface area contributed by atoms with E-state index in [2.05, 4.69) is 49.3 Å². The number of alkyl halides is 1. The van der Waals surface area contributed by atoms with Crippen LogP contribution in [0, 0.1) is 0 Å². The molecule has 0 saturated heterocycles. The predicted molar refractivity (Wildman–Crippen MR) is 94.3 cm³/mol. The smallest absolute Gasteiger partial charge is 0.251 e. The maximum Gasteiger partial charge on any atom is 0.251 e. The Morgan fingerprint density at radius 1 is 1.19 bits per heavy atom. The largest absolute Gasteiger partial charge is 0.348 e. The van der Waals surface area contributed by atoms with E-state index in [4.69, 9.17) is 11.6 Å². The fourth-order valence-electron chi connectivity index (χ4n) is 1.95. The first-order valence-corrected chi connectivity index (χ1v) is 8.75. The molecule has 0 heterocycles. The van der Waals surface area contributed by atoms with Gasteiger partial charge in [0.1, 0.15) is 0 Å². The standard InChI is InChI=1S/C16H14Br2ClNO/c17-10-13(8-11-4-2-1-3-5-11)20-16(21)12-6-7-15(19)14(18)9-12/h1-7,9,13H,8,10H2,(H,20,21). The summed E-state index contributed by atoms with van der Waals surface area (Å²) in [5, 5.41) is 4.32. The first-order chi connectivity index (χ1) is 10.1. The molecule has 0 fully saturated rings. The Kier molecular flexibility index (Phi) is 6.27. The van der Waals surface area contributed by atoms with Gasteiger partial charge < -0.3 is 5.32 Å². The molecule has 110 valence electrons. The number of rotatable bonds is 5. The summed E-state index contributed by atoms with van der Waals surface area (Å²) < 4.78 is 0.718. The normalized spacial score (nSPS) is 12.0. The van der Waals surface area contributed by atoms with Crippen LogP contribution in [-0.2, 0) is 6.42 Å². The van der Waals surface area contributed by atoms with Crippen LogP contribution in [0.4, 0.5) is 0 Å². The molecule has 0 radical (unpaired) electrons. The van der Waals surface area contributed by atoms with Crippen molar-refractivity contribution in [2.45, 2.75) is 12.5 Å². The van der Waals surface area contributed by atoms with Crippen molar-refractivity contribution in [1.82, 2.24) is 5.32 Å². The van der Waals surface area contributed by atoms with E-state index < -0.39 is 0 Å². The van der Waals surface area contributed by atoms with Crippen molar-refractivity contribution in [1.29, 1.82) is 0 Å². The molecule has 0 aromatic heterocycles. The van der Waals surface area contributed by atoms with Gasteiger partial charge in [-0.3, -0.25) is 4.79 Å². The monoisotopic (exact) mass is 429 g/mol. The van der Waals surface area contributed by atoms with E-state index >= 15 is 0 Å². The molecule has 0 aliphatic rings. The molecule has 0 bridgehead atoms. The maximum atomic E-state index is 12.3. The number of benzene rings is 2. The highest BCUT2D eigenvalue weighted by molar-refractivity contribution is 9.10. The summed E-state index contributed by atoms with van der Waals surface area (Å²) in [5.41, 5.74) is 1.78. The third kappa shape index (κ3) is 4.83. The lowest BCUT2D eigenvalue weighted by atomic mass is 10.1. The first-order valence-electron chi connectivity index (χ1n) is 6.46. The van der Waals surface area contributed by atoms with Crippen molar-refractivity contribution in [3.05, 3.63) is 69.2 Å². The lowest BCUT2D eigenvalue weighted by molar-refractivity contribution is 0.0941. The number of hydrogen-bond acceptors (Lipinski definition) is 1. The number of carbonyl (C=O) groups excluding carboxylic acids is 1. The highest BCUT2D eigenvalue weighted by atomic mass is 79.9. The third-order valence-corrected chi connectivity index (χ3v) is 5.02. The summed E-state index contributed by atoms with van der Waals surface area (Å²) in [5.74, 6) is -0.104. The van der Waals surface area contributed by atoms with Gasteiger partial charge in [0.15, 0.2) is 0 Å². The van der Waals surface area contributed by atoms with E-state index in [1.54, 1.807) is 18.2 Å². The second-order valence-electron chi connectivity index (χ2n) is 4.64. The number of carbonyl (C=O) groups is 1. The molecule has 0 aliphatic carbocycles. The van der Waals surface area contributed by atoms with Crippen LogP contribution in [0.5, 0.6) is 0 Å². The summed E-state index contributed by atoms with van der Waals surface area (Å²) in [7, 11) is 0. The van der Waals surface area contributed by atoms with Gasteiger partial charge in [-0.05, 0) is 46.1 Å². The second-order valence-corrected chi connectivity index (χ2v) is 6.55. The SMILES string of the molecule is O=C(NC(CBr)Cc1ccccc1)c1ccc(Cl)c(Br)c1. The molecule has 1 N–H and O–H groups in total. The van der Waals surface area contributed by atoms with E-state index in [1.807, 2.05) is 18.2 Å². The summed E-state index contributed by atoms with van der Waals surface area (Å²) in [6.45, 7) is 0. The first kappa shape index (κ1) is 16.5. The Bertz CT molecular complexity index is 619. The summed E-state index contributed by atoms with van der Waals surface area (Å²) >= 11 is 12.7. The van der Waals surface area contributed by atoms with Gasteiger partial charge in [-0.15, -0.1) is 0 Å². The highest BCUT2D eigenvalue weighted by Crippen LogP contribution is 2.23. The highest BCUT2D eigenvalue weighted by Gasteiger charge is 2.14. The van der Waals surface area contributed by atoms with Crippen molar-refractivity contribution >= 4 is 49.4 Å². The number of nitrogens with one attached hydrogen (secondary N) is 1. The molecule has 1 amide bonds. The van der Waals surface area contributed by atoms with Gasteiger partial charge in [-0.2, -0.15) is 0 Å². The molecule has 0 aliphatic heterocycles. The number of hydrogen-bond donors (Lipinski definition) is 1. The van der Waals surface area contributed by atoms with Crippen LogP contribution in [0.25, 0.3) is 0 Å². The minimum Gasteiger partial charge on any atom is -0.348 e. The van der Waals surface area contributed by atoms with Crippen LogP contribution < -0.4 is 5.32 Å². The van der Waals surface area contributed by atoms with Crippen molar-refractivity contribution in [3.63, 3.8) is 0 Å². The van der Waals surface area contributed by atoms with Gasteiger partial charge in [0, 0.05) is 21.4 Å². The molecule has 2 aromatic carbocycles. The minimum atomic E-state index is -0.104. The molecule has 0 spiro atoms. The lowest BCUT2D eigenvalue weighted by Gasteiger charge is -2.16. The Morgan fingerprint density at radius 3 is 2.52 bits per heavy atom. The Labute approximate surface area is 146 Å². The summed E-state index contributed by atoms with van der Waals surface area (Å²) in [6, 6.07) is 15.3. The zero-order valence-electron chi connectivity index (χ0n) is 11.2. The van der Waals surface area contributed by atoms with Gasteiger partial charge in [0.25, 0.3) is 5.91 Å². The van der Waals surface area contributed by atoms with Crippen molar-refractivity contribution in [3.8, 4) is 0 Å².